The largest absolute Gasteiger partial charge is 0.354 e. The second-order valence-corrected chi connectivity index (χ2v) is 10.7. The first-order valence-electron chi connectivity index (χ1n) is 11.3. The van der Waals surface area contributed by atoms with Crippen LogP contribution in [0.15, 0.2) is 0 Å². The first kappa shape index (κ1) is 21.9. The zero-order valence-electron chi connectivity index (χ0n) is 18.1. The first-order chi connectivity index (χ1) is 12.7. The van der Waals surface area contributed by atoms with Gasteiger partial charge in [-0.3, -0.25) is 9.59 Å². The lowest BCUT2D eigenvalue weighted by molar-refractivity contribution is -0.126. The molecule has 160 valence electrons. The maximum atomic E-state index is 11.7. The summed E-state index contributed by atoms with van der Waals surface area (Å²) in [6.07, 6.45) is 11.3. The van der Waals surface area contributed by atoms with Gasteiger partial charge in [-0.1, -0.05) is 13.8 Å². The molecule has 0 aromatic carbocycles. The number of rotatable bonds is 2. The minimum Gasteiger partial charge on any atom is -0.354 e. The van der Waals surface area contributed by atoms with Crippen molar-refractivity contribution in [2.24, 2.45) is 34.5 Å². The number of carbonyl (C=O) groups is 2. The van der Waals surface area contributed by atoms with Crippen LogP contribution in [-0.2, 0) is 9.59 Å². The van der Waals surface area contributed by atoms with Crippen molar-refractivity contribution < 1.29 is 9.59 Å². The molecule has 0 spiro atoms. The molecule has 4 saturated carbocycles. The van der Waals surface area contributed by atoms with Crippen LogP contribution < -0.4 is 10.6 Å². The molecule has 2 amide bonds. The van der Waals surface area contributed by atoms with E-state index in [0.717, 1.165) is 36.5 Å². The van der Waals surface area contributed by atoms with Crippen LogP contribution in [0.4, 0.5) is 0 Å². The van der Waals surface area contributed by atoms with Gasteiger partial charge in [0.15, 0.2) is 0 Å². The van der Waals surface area contributed by atoms with Gasteiger partial charge < -0.3 is 10.6 Å². The molecule has 4 rings (SSSR count). The van der Waals surface area contributed by atoms with Gasteiger partial charge in [0, 0.05) is 25.9 Å². The molecule has 28 heavy (non-hydrogen) atoms. The molecule has 4 aliphatic carbocycles. The number of nitrogens with one attached hydrogen (secondary N) is 2. The Hall–Kier alpha value is -0.770. The maximum absolute atomic E-state index is 11.7. The SMILES string of the molecule is CC(=O)N[C@H]1CC[C@]2(C)C(CCC3C2CC[C@]2(C)C3CC[C@H]2NC(C)=O)C1.Cl. The van der Waals surface area contributed by atoms with E-state index in [-0.39, 0.29) is 24.2 Å². The fourth-order valence-corrected chi connectivity index (χ4v) is 8.16. The number of hydrogen-bond donors (Lipinski definition) is 2. The number of halogens is 1. The van der Waals surface area contributed by atoms with Crippen molar-refractivity contribution in [1.82, 2.24) is 10.6 Å². The summed E-state index contributed by atoms with van der Waals surface area (Å²) in [4.78, 5) is 23.2. The van der Waals surface area contributed by atoms with Crippen molar-refractivity contribution in [1.29, 1.82) is 0 Å². The average molecular weight is 411 g/mol. The summed E-state index contributed by atoms with van der Waals surface area (Å²) in [6.45, 7) is 8.35. The van der Waals surface area contributed by atoms with Gasteiger partial charge >= 0.3 is 0 Å². The number of hydrogen-bond acceptors (Lipinski definition) is 2. The Kier molecular flexibility index (Phi) is 6.12. The van der Waals surface area contributed by atoms with Crippen molar-refractivity contribution in [3.63, 3.8) is 0 Å². The molecule has 0 aliphatic heterocycles. The topological polar surface area (TPSA) is 58.2 Å². The van der Waals surface area contributed by atoms with Crippen molar-refractivity contribution in [3.8, 4) is 0 Å². The number of carbonyl (C=O) groups excluding carboxylic acids is 2. The Morgan fingerprint density at radius 1 is 0.786 bits per heavy atom. The lowest BCUT2D eigenvalue weighted by atomic mass is 9.45. The lowest BCUT2D eigenvalue weighted by Gasteiger charge is -2.61. The summed E-state index contributed by atoms with van der Waals surface area (Å²) < 4.78 is 0. The lowest BCUT2D eigenvalue weighted by Crippen LogP contribution is -2.57. The highest BCUT2D eigenvalue weighted by Gasteiger charge is 2.60. The highest BCUT2D eigenvalue weighted by Crippen LogP contribution is 2.66. The molecule has 4 unspecified atom stereocenters. The van der Waals surface area contributed by atoms with Gasteiger partial charge in [0.25, 0.3) is 0 Å². The van der Waals surface area contributed by atoms with Crippen LogP contribution in [0.2, 0.25) is 0 Å². The maximum Gasteiger partial charge on any atom is 0.217 e. The summed E-state index contributed by atoms with van der Waals surface area (Å²) in [5.41, 5.74) is 0.745. The Balaban J connectivity index is 0.00000225. The smallest absolute Gasteiger partial charge is 0.217 e. The van der Waals surface area contributed by atoms with E-state index in [1.807, 2.05) is 0 Å². The molecule has 8 atom stereocenters. The third-order valence-corrected chi connectivity index (χ3v) is 9.45. The second kappa shape index (κ2) is 7.81. The molecule has 4 nitrogen and oxygen atoms in total. The zero-order valence-corrected chi connectivity index (χ0v) is 18.9. The molecular formula is C23H39ClN2O2. The summed E-state index contributed by atoms with van der Waals surface area (Å²) in [5.74, 6) is 3.47. The highest BCUT2D eigenvalue weighted by molar-refractivity contribution is 5.85. The van der Waals surface area contributed by atoms with E-state index in [1.165, 1.54) is 44.9 Å². The Morgan fingerprint density at radius 2 is 1.43 bits per heavy atom. The normalized spacial score (nSPS) is 47.0. The van der Waals surface area contributed by atoms with Gasteiger partial charge in [-0.05, 0) is 92.3 Å². The molecule has 0 heterocycles. The van der Waals surface area contributed by atoms with E-state index in [4.69, 9.17) is 0 Å². The first-order valence-corrected chi connectivity index (χ1v) is 11.3. The average Bonchev–Trinajstić information content (AvgIpc) is 2.91. The van der Waals surface area contributed by atoms with E-state index in [9.17, 15) is 9.59 Å². The number of amides is 2. The molecule has 5 heteroatoms. The standard InChI is InChI=1S/C23H38N2O2.ClH/c1-14(26)24-17-9-11-22(3)16(13-17)5-6-18-19-7-8-21(25-15(2)27)23(19,4)12-10-20(18)22;/h16-21H,5-13H2,1-4H3,(H,24,26)(H,25,27);1H/t16?,17-,18?,19?,20?,21+,22+,23+;/m0./s1. The second-order valence-electron chi connectivity index (χ2n) is 10.7. The van der Waals surface area contributed by atoms with Crippen molar-refractivity contribution >= 4 is 24.2 Å². The Labute approximate surface area is 176 Å². The van der Waals surface area contributed by atoms with Gasteiger partial charge in [-0.15, -0.1) is 12.4 Å². The predicted octanol–water partition coefficient (Wildman–Crippen LogP) is 4.46. The highest BCUT2D eigenvalue weighted by atomic mass is 35.5. The number of fused-ring (bicyclic) bond motifs is 5. The third-order valence-electron chi connectivity index (χ3n) is 9.45. The fourth-order valence-electron chi connectivity index (χ4n) is 8.16. The van der Waals surface area contributed by atoms with Gasteiger partial charge in [0.2, 0.25) is 11.8 Å². The van der Waals surface area contributed by atoms with Crippen molar-refractivity contribution in [2.45, 2.75) is 97.6 Å². The van der Waals surface area contributed by atoms with Crippen molar-refractivity contribution in [2.75, 3.05) is 0 Å². The fraction of sp³-hybridized carbons (Fsp3) is 0.913. The van der Waals surface area contributed by atoms with E-state index in [2.05, 4.69) is 24.5 Å². The summed E-state index contributed by atoms with van der Waals surface area (Å²) in [7, 11) is 0. The summed E-state index contributed by atoms with van der Waals surface area (Å²) in [6, 6.07) is 0.767. The van der Waals surface area contributed by atoms with Gasteiger partial charge in [-0.25, -0.2) is 0 Å². The van der Waals surface area contributed by atoms with Gasteiger partial charge in [0.1, 0.15) is 0 Å². The van der Waals surface area contributed by atoms with Gasteiger partial charge in [0.05, 0.1) is 0 Å². The Morgan fingerprint density at radius 3 is 2.11 bits per heavy atom. The van der Waals surface area contributed by atoms with Crippen LogP contribution in [0, 0.1) is 34.5 Å². The van der Waals surface area contributed by atoms with Gasteiger partial charge in [-0.2, -0.15) is 0 Å². The molecular weight excluding hydrogens is 372 g/mol. The zero-order chi connectivity index (χ0) is 19.4. The third kappa shape index (κ3) is 3.48. The minimum atomic E-state index is 0. The van der Waals surface area contributed by atoms with E-state index in [1.54, 1.807) is 13.8 Å². The summed E-state index contributed by atoms with van der Waals surface area (Å²) in [5, 5.41) is 6.48. The quantitative estimate of drug-likeness (QED) is 0.705. The molecule has 0 saturated heterocycles. The van der Waals surface area contributed by atoms with E-state index < -0.39 is 0 Å². The van der Waals surface area contributed by atoms with Crippen LogP contribution in [0.5, 0.6) is 0 Å². The Bertz CT molecular complexity index is 626. The van der Waals surface area contributed by atoms with Crippen LogP contribution in [0.3, 0.4) is 0 Å². The molecule has 2 N–H and O–H groups in total. The van der Waals surface area contributed by atoms with Crippen molar-refractivity contribution in [3.05, 3.63) is 0 Å². The van der Waals surface area contributed by atoms with Crippen LogP contribution in [0.1, 0.15) is 85.5 Å². The molecule has 4 fully saturated rings. The van der Waals surface area contributed by atoms with Crippen LogP contribution >= 0.6 is 12.4 Å². The molecule has 0 aromatic rings. The molecule has 0 radical (unpaired) electrons. The predicted molar refractivity (Wildman–Crippen MR) is 114 cm³/mol. The molecule has 0 bridgehead atoms. The monoisotopic (exact) mass is 410 g/mol. The minimum absolute atomic E-state index is 0. The van der Waals surface area contributed by atoms with Crippen LogP contribution in [-0.4, -0.2) is 23.9 Å². The van der Waals surface area contributed by atoms with E-state index in [0.29, 0.717) is 22.9 Å². The summed E-state index contributed by atoms with van der Waals surface area (Å²) >= 11 is 0. The van der Waals surface area contributed by atoms with E-state index >= 15 is 0 Å². The molecule has 4 aliphatic rings. The molecule has 0 aromatic heterocycles. The van der Waals surface area contributed by atoms with Crippen LogP contribution in [0.25, 0.3) is 0 Å².